The lowest BCUT2D eigenvalue weighted by Crippen LogP contribution is -2.32. The van der Waals surface area contributed by atoms with Gasteiger partial charge in [0.2, 0.25) is 5.88 Å². The van der Waals surface area contributed by atoms with Crippen molar-refractivity contribution in [1.29, 1.82) is 0 Å². The SMILES string of the molecule is NC(=O)N[C@@H]1CCc2ccc(Oc3cnc4[nH]cc(C(=O)O)c4n3)cc21. The molecular weight excluding hydrogens is 338 g/mol. The first-order chi connectivity index (χ1) is 12.5. The van der Waals surface area contributed by atoms with Gasteiger partial charge in [-0.2, -0.15) is 0 Å². The highest BCUT2D eigenvalue weighted by Crippen LogP contribution is 2.34. The van der Waals surface area contributed by atoms with Gasteiger partial charge in [-0.25, -0.2) is 19.6 Å². The third kappa shape index (κ3) is 2.79. The van der Waals surface area contributed by atoms with Crippen LogP contribution in [0.25, 0.3) is 11.2 Å². The number of aryl methyl sites for hydroxylation is 1. The number of fused-ring (bicyclic) bond motifs is 2. The number of ether oxygens (including phenoxy) is 1. The first-order valence-electron chi connectivity index (χ1n) is 7.95. The molecule has 1 atom stereocenters. The Morgan fingerprint density at radius 1 is 1.38 bits per heavy atom. The lowest BCUT2D eigenvalue weighted by molar-refractivity contribution is 0.0699. The van der Waals surface area contributed by atoms with Crippen molar-refractivity contribution in [3.8, 4) is 11.6 Å². The molecule has 26 heavy (non-hydrogen) atoms. The highest BCUT2D eigenvalue weighted by Gasteiger charge is 2.24. The summed E-state index contributed by atoms with van der Waals surface area (Å²) in [5, 5.41) is 11.9. The number of carbonyl (C=O) groups excluding carboxylic acids is 1. The van der Waals surface area contributed by atoms with Crippen LogP contribution in [0.1, 0.15) is 33.9 Å². The van der Waals surface area contributed by atoms with Crippen molar-refractivity contribution in [2.24, 2.45) is 5.73 Å². The molecule has 0 fully saturated rings. The Morgan fingerprint density at radius 3 is 3.00 bits per heavy atom. The molecule has 1 aliphatic rings. The number of hydrogen-bond donors (Lipinski definition) is 4. The molecule has 0 saturated heterocycles. The summed E-state index contributed by atoms with van der Waals surface area (Å²) in [5.41, 5.74) is 7.91. The van der Waals surface area contributed by atoms with E-state index in [1.165, 1.54) is 12.4 Å². The van der Waals surface area contributed by atoms with E-state index in [9.17, 15) is 14.7 Å². The van der Waals surface area contributed by atoms with Gasteiger partial charge >= 0.3 is 12.0 Å². The number of carboxylic acid groups (broad SMARTS) is 1. The number of aromatic carboxylic acids is 1. The first-order valence-corrected chi connectivity index (χ1v) is 7.95. The molecule has 9 nitrogen and oxygen atoms in total. The van der Waals surface area contributed by atoms with Crippen LogP contribution in [0.3, 0.4) is 0 Å². The summed E-state index contributed by atoms with van der Waals surface area (Å²) >= 11 is 0. The van der Waals surface area contributed by atoms with Crippen LogP contribution in [0.2, 0.25) is 0 Å². The minimum Gasteiger partial charge on any atom is -0.478 e. The number of benzene rings is 1. The molecule has 1 aliphatic carbocycles. The molecule has 0 unspecified atom stereocenters. The summed E-state index contributed by atoms with van der Waals surface area (Å²) in [6.45, 7) is 0. The third-order valence-corrected chi connectivity index (χ3v) is 4.32. The topological polar surface area (TPSA) is 143 Å². The van der Waals surface area contributed by atoms with Gasteiger partial charge in [-0.05, 0) is 36.1 Å². The molecule has 0 spiro atoms. The normalized spacial score (nSPS) is 15.6. The largest absolute Gasteiger partial charge is 0.478 e. The second-order valence-electron chi connectivity index (χ2n) is 5.98. The van der Waals surface area contributed by atoms with Crippen LogP contribution < -0.4 is 15.8 Å². The molecule has 9 heteroatoms. The Hall–Kier alpha value is -3.62. The van der Waals surface area contributed by atoms with E-state index in [2.05, 4.69) is 20.3 Å². The second kappa shape index (κ2) is 6.03. The molecule has 0 saturated carbocycles. The number of amides is 2. The van der Waals surface area contributed by atoms with Crippen LogP contribution in [0.15, 0.2) is 30.6 Å². The van der Waals surface area contributed by atoms with E-state index in [1.807, 2.05) is 12.1 Å². The molecule has 1 aromatic carbocycles. The van der Waals surface area contributed by atoms with Crippen LogP contribution >= 0.6 is 0 Å². The van der Waals surface area contributed by atoms with Crippen molar-refractivity contribution in [1.82, 2.24) is 20.3 Å². The smallest absolute Gasteiger partial charge is 0.339 e. The Kier molecular flexibility index (Phi) is 3.68. The fraction of sp³-hybridized carbons (Fsp3) is 0.176. The summed E-state index contributed by atoms with van der Waals surface area (Å²) in [6.07, 6.45) is 4.37. The van der Waals surface area contributed by atoms with Crippen molar-refractivity contribution in [2.45, 2.75) is 18.9 Å². The van der Waals surface area contributed by atoms with E-state index < -0.39 is 12.0 Å². The van der Waals surface area contributed by atoms with Gasteiger partial charge in [0.15, 0.2) is 5.65 Å². The molecule has 3 aromatic rings. The number of hydrogen-bond acceptors (Lipinski definition) is 5. The lowest BCUT2D eigenvalue weighted by atomic mass is 10.1. The molecule has 5 N–H and O–H groups in total. The van der Waals surface area contributed by atoms with Crippen molar-refractivity contribution >= 4 is 23.2 Å². The Balaban J connectivity index is 1.64. The number of carboxylic acids is 1. The maximum absolute atomic E-state index is 11.2. The summed E-state index contributed by atoms with van der Waals surface area (Å²) in [5.74, 6) is -0.402. The van der Waals surface area contributed by atoms with E-state index >= 15 is 0 Å². The fourth-order valence-electron chi connectivity index (χ4n) is 3.17. The average Bonchev–Trinajstić information content (AvgIpc) is 3.18. The molecule has 2 heterocycles. The molecule has 0 radical (unpaired) electrons. The average molecular weight is 353 g/mol. The molecule has 2 amide bonds. The standard InChI is InChI=1S/C17H15N5O4/c18-17(25)21-12-4-2-8-1-3-9(5-10(8)12)26-13-7-20-15-14(22-13)11(6-19-15)16(23)24/h1,3,5-7,12H,2,4H2,(H,19,20)(H,23,24)(H3,18,21,25)/t12-/m1/s1. The van der Waals surface area contributed by atoms with Gasteiger partial charge in [0.25, 0.3) is 0 Å². The molecule has 132 valence electrons. The monoisotopic (exact) mass is 353 g/mol. The Labute approximate surface area is 147 Å². The van der Waals surface area contributed by atoms with E-state index in [4.69, 9.17) is 10.5 Å². The zero-order valence-electron chi connectivity index (χ0n) is 13.5. The molecule has 0 aliphatic heterocycles. The van der Waals surface area contributed by atoms with Crippen LogP contribution in [0.4, 0.5) is 4.79 Å². The lowest BCUT2D eigenvalue weighted by Gasteiger charge is -2.13. The molecule has 2 aromatic heterocycles. The van der Waals surface area contributed by atoms with Gasteiger partial charge in [0.1, 0.15) is 16.8 Å². The minimum absolute atomic E-state index is 0.0256. The van der Waals surface area contributed by atoms with Crippen molar-refractivity contribution in [2.75, 3.05) is 0 Å². The second-order valence-corrected chi connectivity index (χ2v) is 5.98. The quantitative estimate of drug-likeness (QED) is 0.565. The van der Waals surface area contributed by atoms with Gasteiger partial charge in [-0.15, -0.1) is 0 Å². The van der Waals surface area contributed by atoms with Crippen LogP contribution in [0, 0.1) is 0 Å². The van der Waals surface area contributed by atoms with Gasteiger partial charge in [-0.3, -0.25) is 0 Å². The summed E-state index contributed by atoms with van der Waals surface area (Å²) in [6, 6.07) is 4.83. The zero-order valence-corrected chi connectivity index (χ0v) is 13.5. The number of primary amides is 1. The highest BCUT2D eigenvalue weighted by atomic mass is 16.5. The maximum Gasteiger partial charge on any atom is 0.339 e. The summed E-state index contributed by atoms with van der Waals surface area (Å²) < 4.78 is 5.74. The number of H-pyrrole nitrogens is 1. The molecule has 4 rings (SSSR count). The Bertz CT molecular complexity index is 1030. The number of urea groups is 1. The van der Waals surface area contributed by atoms with Gasteiger partial charge in [0.05, 0.1) is 12.2 Å². The number of nitrogens with two attached hydrogens (primary N) is 1. The van der Waals surface area contributed by atoms with Gasteiger partial charge in [-0.1, -0.05) is 6.07 Å². The van der Waals surface area contributed by atoms with E-state index in [0.29, 0.717) is 11.4 Å². The van der Waals surface area contributed by atoms with Crippen molar-refractivity contribution in [3.05, 3.63) is 47.3 Å². The van der Waals surface area contributed by atoms with Crippen LogP contribution in [0.5, 0.6) is 11.6 Å². The number of rotatable bonds is 4. The van der Waals surface area contributed by atoms with Crippen molar-refractivity contribution < 1.29 is 19.4 Å². The fourth-order valence-corrected chi connectivity index (χ4v) is 3.17. The number of aromatic amines is 1. The number of carbonyl (C=O) groups is 2. The number of aromatic nitrogens is 3. The predicted molar refractivity (Wildman–Crippen MR) is 91.1 cm³/mol. The molecular formula is C17H15N5O4. The zero-order chi connectivity index (χ0) is 18.3. The highest BCUT2D eigenvalue weighted by molar-refractivity contribution is 6.00. The van der Waals surface area contributed by atoms with Crippen LogP contribution in [-0.2, 0) is 6.42 Å². The summed E-state index contributed by atoms with van der Waals surface area (Å²) in [7, 11) is 0. The number of nitrogens with zero attached hydrogens (tertiary/aromatic N) is 2. The van der Waals surface area contributed by atoms with E-state index in [0.717, 1.165) is 24.0 Å². The summed E-state index contributed by atoms with van der Waals surface area (Å²) in [4.78, 5) is 33.5. The van der Waals surface area contributed by atoms with Gasteiger partial charge in [0, 0.05) is 6.20 Å². The first kappa shape index (κ1) is 15.9. The van der Waals surface area contributed by atoms with Crippen LogP contribution in [-0.4, -0.2) is 32.1 Å². The maximum atomic E-state index is 11.2. The van der Waals surface area contributed by atoms with Gasteiger partial charge < -0.3 is 25.9 Å². The molecule has 0 bridgehead atoms. The number of nitrogens with one attached hydrogen (secondary N) is 2. The van der Waals surface area contributed by atoms with E-state index in [1.54, 1.807) is 6.07 Å². The predicted octanol–water partition coefficient (Wildman–Crippen LogP) is 2.10. The minimum atomic E-state index is -1.10. The Morgan fingerprint density at radius 2 is 2.23 bits per heavy atom. The van der Waals surface area contributed by atoms with E-state index in [-0.39, 0.29) is 23.0 Å². The third-order valence-electron chi connectivity index (χ3n) is 4.32. The van der Waals surface area contributed by atoms with Crippen molar-refractivity contribution in [3.63, 3.8) is 0 Å².